The van der Waals surface area contributed by atoms with Crippen LogP contribution in [0.15, 0.2) is 6.07 Å². The largest absolute Gasteiger partial charge is 0.506 e. The van der Waals surface area contributed by atoms with Crippen molar-refractivity contribution in [1.29, 1.82) is 0 Å². The number of halogens is 3. The second-order valence-corrected chi connectivity index (χ2v) is 3.23. The number of carbonyl (C=O) groups is 1. The molecule has 0 aliphatic carbocycles. The molecule has 1 rings (SSSR count). The molecule has 0 spiro atoms. The van der Waals surface area contributed by atoms with Crippen molar-refractivity contribution >= 4 is 41.1 Å². The lowest BCUT2D eigenvalue weighted by Gasteiger charge is -2.03. The zero-order valence-corrected chi connectivity index (χ0v) is 7.91. The van der Waals surface area contributed by atoms with E-state index in [0.717, 1.165) is 0 Å². The molecule has 0 amide bonds. The Balaban J connectivity index is 3.52. The van der Waals surface area contributed by atoms with E-state index in [-0.39, 0.29) is 26.4 Å². The van der Waals surface area contributed by atoms with Crippen LogP contribution in [0, 0.1) is 0 Å². The van der Waals surface area contributed by atoms with Gasteiger partial charge in [0.1, 0.15) is 5.75 Å². The summed E-state index contributed by atoms with van der Waals surface area (Å²) in [6.07, 6.45) is 0.398. The third-order valence-electron chi connectivity index (χ3n) is 1.30. The van der Waals surface area contributed by atoms with Gasteiger partial charge >= 0.3 is 0 Å². The van der Waals surface area contributed by atoms with Crippen molar-refractivity contribution in [3.63, 3.8) is 0 Å². The van der Waals surface area contributed by atoms with Crippen molar-refractivity contribution in [2.75, 3.05) is 0 Å². The van der Waals surface area contributed by atoms with E-state index in [2.05, 4.69) is 0 Å². The van der Waals surface area contributed by atoms with E-state index in [1.165, 1.54) is 6.07 Å². The van der Waals surface area contributed by atoms with Crippen LogP contribution in [0.25, 0.3) is 0 Å². The van der Waals surface area contributed by atoms with E-state index >= 15 is 0 Å². The number of aldehydes is 1. The molecular formula is C7H3Cl3O2. The number of hydrogen-bond donors (Lipinski definition) is 1. The number of benzene rings is 1. The van der Waals surface area contributed by atoms with Gasteiger partial charge in [-0.05, 0) is 6.07 Å². The molecule has 2 nitrogen and oxygen atoms in total. The fraction of sp³-hybridized carbons (Fsp3) is 0. The van der Waals surface area contributed by atoms with Crippen LogP contribution in [0.5, 0.6) is 5.75 Å². The van der Waals surface area contributed by atoms with Crippen LogP contribution < -0.4 is 0 Å². The molecule has 5 heteroatoms. The molecule has 0 radical (unpaired) electrons. The smallest absolute Gasteiger partial charge is 0.155 e. The molecule has 0 aliphatic rings. The molecule has 0 heterocycles. The molecule has 1 aromatic carbocycles. The monoisotopic (exact) mass is 224 g/mol. The van der Waals surface area contributed by atoms with E-state index in [9.17, 15) is 9.90 Å². The highest BCUT2D eigenvalue weighted by Crippen LogP contribution is 2.36. The Morgan fingerprint density at radius 3 is 2.33 bits per heavy atom. The molecule has 0 aromatic heterocycles. The third kappa shape index (κ3) is 1.51. The van der Waals surface area contributed by atoms with Crippen molar-refractivity contribution in [2.24, 2.45) is 0 Å². The van der Waals surface area contributed by atoms with E-state index < -0.39 is 0 Å². The van der Waals surface area contributed by atoms with Crippen LogP contribution in [0.2, 0.25) is 15.1 Å². The maximum Gasteiger partial charge on any atom is 0.155 e. The fourth-order valence-corrected chi connectivity index (χ4v) is 1.38. The van der Waals surface area contributed by atoms with E-state index in [1.54, 1.807) is 0 Å². The Morgan fingerprint density at radius 2 is 1.83 bits per heavy atom. The molecule has 64 valence electrons. The van der Waals surface area contributed by atoms with Gasteiger partial charge in [0.05, 0.1) is 20.6 Å². The van der Waals surface area contributed by atoms with Crippen molar-refractivity contribution in [3.8, 4) is 5.75 Å². The summed E-state index contributed by atoms with van der Waals surface area (Å²) in [7, 11) is 0. The molecule has 0 atom stereocenters. The summed E-state index contributed by atoms with van der Waals surface area (Å²) in [6.45, 7) is 0. The Hall–Kier alpha value is -0.440. The summed E-state index contributed by atoms with van der Waals surface area (Å²) in [4.78, 5) is 10.4. The average Bonchev–Trinajstić information content (AvgIpc) is 2.02. The molecular weight excluding hydrogens is 222 g/mol. The van der Waals surface area contributed by atoms with Gasteiger partial charge in [0, 0.05) is 0 Å². The minimum atomic E-state index is -0.346. The lowest BCUT2D eigenvalue weighted by molar-refractivity contribution is 0.112. The quantitative estimate of drug-likeness (QED) is 0.589. The van der Waals surface area contributed by atoms with Crippen LogP contribution in [-0.4, -0.2) is 11.4 Å². The van der Waals surface area contributed by atoms with Gasteiger partial charge in [-0.2, -0.15) is 0 Å². The van der Waals surface area contributed by atoms with E-state index in [4.69, 9.17) is 34.8 Å². The summed E-state index contributed by atoms with van der Waals surface area (Å²) in [6, 6.07) is 1.27. The van der Waals surface area contributed by atoms with Crippen LogP contribution in [0.4, 0.5) is 0 Å². The Kier molecular flexibility index (Phi) is 2.83. The number of phenolic OH excluding ortho intramolecular Hbond substituents is 1. The molecule has 1 aromatic rings. The first-order valence-electron chi connectivity index (χ1n) is 2.89. The number of phenols is 1. The summed E-state index contributed by atoms with van der Waals surface area (Å²) < 4.78 is 0. The van der Waals surface area contributed by atoms with Crippen LogP contribution in [0.1, 0.15) is 10.4 Å². The fourth-order valence-electron chi connectivity index (χ4n) is 0.712. The minimum absolute atomic E-state index is 0.00602. The predicted molar refractivity (Wildman–Crippen MR) is 48.5 cm³/mol. The van der Waals surface area contributed by atoms with Crippen LogP contribution in [-0.2, 0) is 0 Å². The Bertz CT molecular complexity index is 310. The topological polar surface area (TPSA) is 37.3 Å². The predicted octanol–water partition coefficient (Wildman–Crippen LogP) is 3.16. The van der Waals surface area contributed by atoms with Crippen molar-refractivity contribution < 1.29 is 9.90 Å². The molecule has 0 aliphatic heterocycles. The maximum absolute atomic E-state index is 10.4. The van der Waals surface area contributed by atoms with Crippen molar-refractivity contribution in [2.45, 2.75) is 0 Å². The average molecular weight is 225 g/mol. The highest BCUT2D eigenvalue weighted by molar-refractivity contribution is 6.45. The first-order chi connectivity index (χ1) is 5.57. The first-order valence-corrected chi connectivity index (χ1v) is 4.03. The zero-order valence-electron chi connectivity index (χ0n) is 5.64. The standard InChI is InChI=1S/C7H3Cl3O2/c8-4-1-5(9)7(12)3(2-11)6(4)10/h1-2,12H. The van der Waals surface area contributed by atoms with Crippen LogP contribution in [0.3, 0.4) is 0 Å². The number of rotatable bonds is 1. The summed E-state index contributed by atoms with van der Waals surface area (Å²) in [5.74, 6) is -0.346. The van der Waals surface area contributed by atoms with Crippen LogP contribution >= 0.6 is 34.8 Å². The highest BCUT2D eigenvalue weighted by atomic mass is 35.5. The zero-order chi connectivity index (χ0) is 9.30. The number of carbonyl (C=O) groups excluding carboxylic acids is 1. The van der Waals surface area contributed by atoms with Gasteiger partial charge in [0.25, 0.3) is 0 Å². The van der Waals surface area contributed by atoms with Crippen molar-refractivity contribution in [1.82, 2.24) is 0 Å². The van der Waals surface area contributed by atoms with E-state index in [0.29, 0.717) is 6.29 Å². The highest BCUT2D eigenvalue weighted by Gasteiger charge is 2.13. The van der Waals surface area contributed by atoms with Gasteiger partial charge < -0.3 is 5.11 Å². The summed E-state index contributed by atoms with van der Waals surface area (Å²) in [5, 5.41) is 9.35. The van der Waals surface area contributed by atoms with E-state index in [1.807, 2.05) is 0 Å². The third-order valence-corrected chi connectivity index (χ3v) is 2.39. The first kappa shape index (κ1) is 9.65. The SMILES string of the molecule is O=Cc1c(O)c(Cl)cc(Cl)c1Cl. The lowest BCUT2D eigenvalue weighted by Crippen LogP contribution is -1.85. The number of aromatic hydroxyl groups is 1. The molecule has 0 unspecified atom stereocenters. The molecule has 12 heavy (non-hydrogen) atoms. The van der Waals surface area contributed by atoms with Crippen molar-refractivity contribution in [3.05, 3.63) is 26.7 Å². The Labute approximate surface area is 83.7 Å². The molecule has 1 N–H and O–H groups in total. The van der Waals surface area contributed by atoms with Gasteiger partial charge in [0.2, 0.25) is 0 Å². The van der Waals surface area contributed by atoms with Gasteiger partial charge in [-0.3, -0.25) is 4.79 Å². The summed E-state index contributed by atoms with van der Waals surface area (Å²) in [5.41, 5.74) is -0.0887. The molecule has 0 fully saturated rings. The molecule has 0 saturated carbocycles. The lowest BCUT2D eigenvalue weighted by atomic mass is 10.2. The molecule has 0 bridgehead atoms. The second kappa shape index (κ2) is 3.52. The number of hydrogen-bond acceptors (Lipinski definition) is 2. The molecule has 0 saturated heterocycles. The van der Waals surface area contributed by atoms with Gasteiger partial charge in [0.15, 0.2) is 6.29 Å². The minimum Gasteiger partial charge on any atom is -0.506 e. The van der Waals surface area contributed by atoms with Gasteiger partial charge in [-0.25, -0.2) is 0 Å². The van der Waals surface area contributed by atoms with Gasteiger partial charge in [-0.1, -0.05) is 34.8 Å². The second-order valence-electron chi connectivity index (χ2n) is 2.03. The summed E-state index contributed by atoms with van der Waals surface area (Å²) >= 11 is 16.7. The van der Waals surface area contributed by atoms with Gasteiger partial charge in [-0.15, -0.1) is 0 Å². The maximum atomic E-state index is 10.4. The normalized spacial score (nSPS) is 9.92. The Morgan fingerprint density at radius 1 is 1.25 bits per heavy atom.